The normalized spacial score (nSPS) is 21.0. The number of hydrogen-bond acceptors (Lipinski definition) is 6. The van der Waals surface area contributed by atoms with Gasteiger partial charge in [-0.05, 0) is 31.9 Å². The van der Waals surface area contributed by atoms with E-state index in [1.807, 2.05) is 4.57 Å². The number of rotatable bonds is 6. The minimum Gasteiger partial charge on any atom is -0.449 e. The monoisotopic (exact) mass is 419 g/mol. The topological polar surface area (TPSA) is 93.0 Å². The van der Waals surface area contributed by atoms with E-state index < -0.39 is 17.4 Å². The number of hydrogen-bond donors (Lipinski definition) is 2. The molecule has 0 spiro atoms. The highest BCUT2D eigenvalue weighted by atomic mass is 19.1. The molecule has 2 unspecified atom stereocenters. The van der Waals surface area contributed by atoms with Crippen molar-refractivity contribution in [2.45, 2.75) is 37.9 Å². The molecule has 1 aromatic heterocycles. The number of ether oxygens (including phenoxy) is 2. The molecule has 1 aromatic carbocycles. The molecule has 2 heterocycles. The molecular weight excluding hydrogens is 393 g/mol. The number of benzene rings is 1. The van der Waals surface area contributed by atoms with E-state index in [-0.39, 0.29) is 29.3 Å². The van der Waals surface area contributed by atoms with Crippen LogP contribution in [0.4, 0.5) is 9.18 Å². The first kappa shape index (κ1) is 20.8. The van der Waals surface area contributed by atoms with Crippen LogP contribution in [-0.4, -0.2) is 60.1 Å². The molecule has 30 heavy (non-hydrogen) atoms. The minimum absolute atomic E-state index is 0.127. The van der Waals surface area contributed by atoms with E-state index in [1.54, 1.807) is 13.2 Å². The van der Waals surface area contributed by atoms with Crippen molar-refractivity contribution in [2.75, 3.05) is 33.4 Å². The molecule has 2 atom stereocenters. The van der Waals surface area contributed by atoms with Crippen LogP contribution in [0.2, 0.25) is 0 Å². The smallest absolute Gasteiger partial charge is 0.449 e. The van der Waals surface area contributed by atoms with E-state index in [0.29, 0.717) is 24.2 Å². The second-order valence-electron chi connectivity index (χ2n) is 8.03. The van der Waals surface area contributed by atoms with Crippen molar-refractivity contribution in [1.29, 1.82) is 0 Å². The van der Waals surface area contributed by atoms with Crippen LogP contribution < -0.4 is 15.5 Å². The van der Waals surface area contributed by atoms with E-state index in [9.17, 15) is 9.59 Å². The highest BCUT2D eigenvalue weighted by molar-refractivity contribution is 5.82. The van der Waals surface area contributed by atoms with E-state index in [0.717, 1.165) is 25.9 Å². The number of halogens is 1. The lowest BCUT2D eigenvalue weighted by molar-refractivity contribution is 0.0779. The summed E-state index contributed by atoms with van der Waals surface area (Å²) in [6, 6.07) is 3.07. The predicted molar refractivity (Wildman–Crippen MR) is 109 cm³/mol. The third kappa shape index (κ3) is 4.05. The highest BCUT2D eigenvalue weighted by Crippen LogP contribution is 2.38. The van der Waals surface area contributed by atoms with Crippen LogP contribution in [0.3, 0.4) is 0 Å². The van der Waals surface area contributed by atoms with Crippen LogP contribution in [0.5, 0.6) is 5.75 Å². The van der Waals surface area contributed by atoms with Gasteiger partial charge < -0.3 is 24.5 Å². The van der Waals surface area contributed by atoms with Crippen LogP contribution >= 0.6 is 0 Å². The molecule has 0 amide bonds. The summed E-state index contributed by atoms with van der Waals surface area (Å²) in [4.78, 5) is 25.9. The van der Waals surface area contributed by atoms with Gasteiger partial charge in [-0.1, -0.05) is 0 Å². The summed E-state index contributed by atoms with van der Waals surface area (Å²) in [5, 5.41) is 12.4. The van der Waals surface area contributed by atoms with Gasteiger partial charge in [0.25, 0.3) is 0 Å². The first-order valence-electron chi connectivity index (χ1n) is 10.1. The largest absolute Gasteiger partial charge is 0.511 e. The summed E-state index contributed by atoms with van der Waals surface area (Å²) in [5.74, 6) is -0.794. The van der Waals surface area contributed by atoms with Crippen molar-refractivity contribution < 1.29 is 23.8 Å². The lowest BCUT2D eigenvalue weighted by atomic mass is 10.00. The average molecular weight is 419 g/mol. The number of piperazine rings is 1. The molecule has 2 aromatic rings. The molecule has 9 heteroatoms. The van der Waals surface area contributed by atoms with Crippen molar-refractivity contribution in [2.24, 2.45) is 0 Å². The Bertz CT molecular complexity index is 1020. The third-order valence-electron chi connectivity index (χ3n) is 5.87. The maximum Gasteiger partial charge on any atom is 0.511 e. The van der Waals surface area contributed by atoms with Crippen molar-refractivity contribution in [3.05, 3.63) is 39.9 Å². The quantitative estimate of drug-likeness (QED) is 0.695. The van der Waals surface area contributed by atoms with Crippen LogP contribution in [0.25, 0.3) is 10.9 Å². The molecule has 1 aliphatic heterocycles. The third-order valence-corrected chi connectivity index (χ3v) is 5.87. The average Bonchev–Trinajstić information content (AvgIpc) is 3.55. The molecule has 162 valence electrons. The fourth-order valence-corrected chi connectivity index (χ4v) is 4.18. The van der Waals surface area contributed by atoms with Crippen LogP contribution in [0.15, 0.2) is 23.1 Å². The number of nitrogens with zero attached hydrogens (tertiary/aromatic N) is 2. The maximum atomic E-state index is 15.1. The number of carboxylic acid groups (broad SMARTS) is 1. The highest BCUT2D eigenvalue weighted by Gasteiger charge is 2.30. The number of nitrogens with one attached hydrogen (secondary N) is 1. The van der Waals surface area contributed by atoms with Gasteiger partial charge in [0.15, 0.2) is 5.75 Å². The Hall–Kier alpha value is -2.49. The number of carbonyl (C=O) groups is 1. The number of pyridine rings is 1. The zero-order valence-electron chi connectivity index (χ0n) is 17.1. The Morgan fingerprint density at radius 3 is 2.83 bits per heavy atom. The number of aromatic nitrogens is 1. The lowest BCUT2D eigenvalue weighted by Crippen LogP contribution is -2.50. The summed E-state index contributed by atoms with van der Waals surface area (Å²) in [7, 11) is 1.67. The molecule has 1 saturated heterocycles. The van der Waals surface area contributed by atoms with Gasteiger partial charge in [0.1, 0.15) is 5.82 Å². The molecule has 0 bridgehead atoms. The molecule has 1 saturated carbocycles. The zero-order chi connectivity index (χ0) is 21.4. The summed E-state index contributed by atoms with van der Waals surface area (Å²) < 4.78 is 26.9. The molecule has 8 nitrogen and oxygen atoms in total. The van der Waals surface area contributed by atoms with Crippen LogP contribution in [0.1, 0.15) is 37.4 Å². The van der Waals surface area contributed by atoms with Gasteiger partial charge in [0.05, 0.1) is 23.7 Å². The molecule has 2 aliphatic rings. The van der Waals surface area contributed by atoms with Gasteiger partial charge >= 0.3 is 6.16 Å². The Morgan fingerprint density at radius 1 is 1.40 bits per heavy atom. The van der Waals surface area contributed by atoms with E-state index in [4.69, 9.17) is 9.84 Å². The molecule has 0 radical (unpaired) electrons. The standard InChI is InChI=1S/C21H26FN3O5/c1-12(11-29-2)24-6-5-23-17(9-24)14-8-18-15(7-16(14)22)20(26)19(30-21(27)28)10-25(18)13-3-4-13/h7-8,10,12-13,17,23H,3-6,9,11H2,1-2H3,(H,27,28). The van der Waals surface area contributed by atoms with Gasteiger partial charge in [-0.15, -0.1) is 0 Å². The van der Waals surface area contributed by atoms with Gasteiger partial charge in [-0.2, -0.15) is 0 Å². The van der Waals surface area contributed by atoms with E-state index in [1.165, 1.54) is 12.3 Å². The van der Waals surface area contributed by atoms with Crippen LogP contribution in [0, 0.1) is 5.82 Å². The molecular formula is C21H26FN3O5. The predicted octanol–water partition coefficient (Wildman–Crippen LogP) is 2.51. The van der Waals surface area contributed by atoms with Crippen LogP contribution in [-0.2, 0) is 4.74 Å². The summed E-state index contributed by atoms with van der Waals surface area (Å²) >= 11 is 0. The molecule has 1 aliphatic carbocycles. The zero-order valence-corrected chi connectivity index (χ0v) is 17.1. The minimum atomic E-state index is -1.57. The Labute approximate surface area is 173 Å². The molecule has 4 rings (SSSR count). The number of fused-ring (bicyclic) bond motifs is 1. The van der Waals surface area contributed by atoms with Gasteiger partial charge in [0, 0.05) is 50.4 Å². The van der Waals surface area contributed by atoms with E-state index >= 15 is 4.39 Å². The van der Waals surface area contributed by atoms with Gasteiger partial charge in [-0.25, -0.2) is 9.18 Å². The first-order valence-corrected chi connectivity index (χ1v) is 10.1. The molecule has 2 N–H and O–H groups in total. The summed E-state index contributed by atoms with van der Waals surface area (Å²) in [6.45, 7) is 4.87. The molecule has 2 fully saturated rings. The van der Waals surface area contributed by atoms with Crippen molar-refractivity contribution in [3.63, 3.8) is 0 Å². The maximum absolute atomic E-state index is 15.1. The second-order valence-corrected chi connectivity index (χ2v) is 8.03. The summed E-state index contributed by atoms with van der Waals surface area (Å²) in [6.07, 6.45) is 1.70. The van der Waals surface area contributed by atoms with Crippen molar-refractivity contribution in [3.8, 4) is 5.75 Å². The fourth-order valence-electron chi connectivity index (χ4n) is 4.18. The Balaban J connectivity index is 1.75. The first-order chi connectivity index (χ1) is 14.4. The second kappa shape index (κ2) is 8.33. The summed E-state index contributed by atoms with van der Waals surface area (Å²) in [5.41, 5.74) is 0.472. The van der Waals surface area contributed by atoms with Crippen molar-refractivity contribution in [1.82, 2.24) is 14.8 Å². The van der Waals surface area contributed by atoms with Crippen molar-refractivity contribution >= 4 is 17.1 Å². The van der Waals surface area contributed by atoms with Gasteiger partial charge in [-0.3, -0.25) is 9.69 Å². The lowest BCUT2D eigenvalue weighted by Gasteiger charge is -2.37. The Kier molecular flexibility index (Phi) is 5.77. The van der Waals surface area contributed by atoms with Gasteiger partial charge in [0.2, 0.25) is 5.43 Å². The number of methoxy groups -OCH3 is 1. The van der Waals surface area contributed by atoms with E-state index in [2.05, 4.69) is 21.9 Å². The fraction of sp³-hybridized carbons (Fsp3) is 0.524. The Morgan fingerprint density at radius 2 is 2.17 bits per heavy atom. The SMILES string of the molecule is COCC(C)N1CCNC(c2cc3c(cc2F)c(=O)c(OC(=O)O)cn3C2CC2)C1.